The highest BCUT2D eigenvalue weighted by Gasteiger charge is 2.36. The molecule has 0 heterocycles. The highest BCUT2D eigenvalue weighted by molar-refractivity contribution is 9.10. The molecule has 2 unspecified atom stereocenters. The van der Waals surface area contributed by atoms with Crippen LogP contribution in [0.25, 0.3) is 0 Å². The van der Waals surface area contributed by atoms with E-state index in [-0.39, 0.29) is 17.4 Å². The van der Waals surface area contributed by atoms with Crippen molar-refractivity contribution in [2.75, 3.05) is 20.6 Å². The Hall–Kier alpha value is -0.450. The Morgan fingerprint density at radius 3 is 2.50 bits per heavy atom. The van der Waals surface area contributed by atoms with Gasteiger partial charge in [0.15, 0.2) is 0 Å². The first-order valence-electron chi connectivity index (χ1n) is 7.22. The monoisotopic (exact) mass is 344 g/mol. The molecule has 0 fully saturated rings. The quantitative estimate of drug-likeness (QED) is 0.790. The molecule has 1 N–H and O–H groups in total. The van der Waals surface area contributed by atoms with Crippen LogP contribution in [0.2, 0.25) is 0 Å². The number of nitrogens with zero attached hydrogens (tertiary/aromatic N) is 1. The lowest BCUT2D eigenvalue weighted by atomic mass is 9.83. The van der Waals surface area contributed by atoms with Gasteiger partial charge in [0.25, 0.3) is 0 Å². The largest absolute Gasteiger partial charge is 0.308 e. The molecule has 0 aliphatic rings. The van der Waals surface area contributed by atoms with E-state index in [1.165, 1.54) is 6.07 Å². The van der Waals surface area contributed by atoms with Crippen molar-refractivity contribution < 1.29 is 4.39 Å². The van der Waals surface area contributed by atoms with Crippen LogP contribution < -0.4 is 5.32 Å². The van der Waals surface area contributed by atoms with Crippen LogP contribution in [0.1, 0.15) is 45.2 Å². The molecule has 20 heavy (non-hydrogen) atoms. The molecule has 4 heteroatoms. The highest BCUT2D eigenvalue weighted by atomic mass is 79.9. The third-order valence-electron chi connectivity index (χ3n) is 4.23. The van der Waals surface area contributed by atoms with Gasteiger partial charge in [0, 0.05) is 15.6 Å². The summed E-state index contributed by atoms with van der Waals surface area (Å²) in [6, 6.07) is 5.13. The molecule has 0 aliphatic heterocycles. The number of rotatable bonds is 7. The topological polar surface area (TPSA) is 15.3 Å². The van der Waals surface area contributed by atoms with Gasteiger partial charge in [-0.05, 0) is 58.6 Å². The Labute approximate surface area is 130 Å². The van der Waals surface area contributed by atoms with Crippen LogP contribution in [-0.2, 0) is 0 Å². The molecule has 2 atom stereocenters. The molecular formula is C16H26BrFN2. The van der Waals surface area contributed by atoms with E-state index >= 15 is 0 Å². The van der Waals surface area contributed by atoms with Gasteiger partial charge >= 0.3 is 0 Å². The molecule has 1 aromatic carbocycles. The van der Waals surface area contributed by atoms with Crippen LogP contribution >= 0.6 is 15.9 Å². The summed E-state index contributed by atoms with van der Waals surface area (Å²) in [5.41, 5.74) is 0.586. The van der Waals surface area contributed by atoms with Gasteiger partial charge in [0.2, 0.25) is 0 Å². The van der Waals surface area contributed by atoms with E-state index in [9.17, 15) is 4.39 Å². The maximum absolute atomic E-state index is 14.3. The average Bonchev–Trinajstić information content (AvgIpc) is 2.42. The number of benzene rings is 1. The fourth-order valence-corrected chi connectivity index (χ4v) is 2.85. The highest BCUT2D eigenvalue weighted by Crippen LogP contribution is 2.35. The third kappa shape index (κ3) is 3.80. The molecular weight excluding hydrogens is 319 g/mol. The molecule has 0 aliphatic carbocycles. The first-order chi connectivity index (χ1) is 9.36. The molecule has 0 saturated carbocycles. The summed E-state index contributed by atoms with van der Waals surface area (Å²) < 4.78 is 15.2. The molecule has 1 rings (SSSR count). The maximum Gasteiger partial charge on any atom is 0.128 e. The summed E-state index contributed by atoms with van der Waals surface area (Å²) in [6.07, 6.45) is 1.96. The second kappa shape index (κ2) is 7.53. The zero-order valence-corrected chi connectivity index (χ0v) is 14.7. The molecule has 114 valence electrons. The van der Waals surface area contributed by atoms with Crippen LogP contribution in [0.15, 0.2) is 22.7 Å². The minimum absolute atomic E-state index is 0.0417. The molecule has 0 spiro atoms. The molecule has 0 aromatic heterocycles. The summed E-state index contributed by atoms with van der Waals surface area (Å²) >= 11 is 3.45. The summed E-state index contributed by atoms with van der Waals surface area (Å²) in [5.74, 6) is -0.150. The Morgan fingerprint density at radius 2 is 2.00 bits per heavy atom. The zero-order chi connectivity index (χ0) is 15.3. The number of hydrogen-bond donors (Lipinski definition) is 1. The molecule has 0 bridgehead atoms. The maximum atomic E-state index is 14.3. The standard InChI is InChI=1S/C16H26BrFN2/c1-6-10-19-15(16(3,7-2)20(4)5)13-11-12(17)8-9-14(13)18/h8-9,11,15,19H,6-7,10H2,1-5H3. The minimum Gasteiger partial charge on any atom is -0.308 e. The second-order valence-electron chi connectivity index (χ2n) is 5.66. The van der Waals surface area contributed by atoms with Crippen LogP contribution in [-0.4, -0.2) is 31.1 Å². The van der Waals surface area contributed by atoms with E-state index in [0.717, 1.165) is 29.4 Å². The van der Waals surface area contributed by atoms with E-state index in [1.807, 2.05) is 6.07 Å². The summed E-state index contributed by atoms with van der Waals surface area (Å²) in [6.45, 7) is 7.33. The summed E-state index contributed by atoms with van der Waals surface area (Å²) in [5, 5.41) is 3.52. The SMILES string of the molecule is CCCNC(c1cc(Br)ccc1F)C(C)(CC)N(C)C. The normalized spacial score (nSPS) is 16.2. The van der Waals surface area contributed by atoms with Crippen LogP contribution in [0.5, 0.6) is 0 Å². The van der Waals surface area contributed by atoms with Crippen molar-refractivity contribution in [3.63, 3.8) is 0 Å². The fourth-order valence-electron chi connectivity index (χ4n) is 2.47. The first kappa shape index (κ1) is 17.6. The fraction of sp³-hybridized carbons (Fsp3) is 0.625. The van der Waals surface area contributed by atoms with Crippen LogP contribution in [0, 0.1) is 5.82 Å². The number of nitrogens with one attached hydrogen (secondary N) is 1. The average molecular weight is 345 g/mol. The summed E-state index contributed by atoms with van der Waals surface area (Å²) in [7, 11) is 4.11. The Bertz CT molecular complexity index is 436. The van der Waals surface area contributed by atoms with E-state index < -0.39 is 0 Å². The minimum atomic E-state index is -0.150. The lowest BCUT2D eigenvalue weighted by molar-refractivity contribution is 0.111. The van der Waals surface area contributed by atoms with E-state index in [1.54, 1.807) is 6.07 Å². The van der Waals surface area contributed by atoms with Gasteiger partial charge < -0.3 is 10.2 Å². The lowest BCUT2D eigenvalue weighted by Crippen LogP contribution is -2.51. The smallest absolute Gasteiger partial charge is 0.128 e. The van der Waals surface area contributed by atoms with Crippen molar-refractivity contribution in [3.05, 3.63) is 34.1 Å². The van der Waals surface area contributed by atoms with Gasteiger partial charge in [-0.25, -0.2) is 4.39 Å². The van der Waals surface area contributed by atoms with Gasteiger partial charge in [0.05, 0.1) is 6.04 Å². The van der Waals surface area contributed by atoms with Crippen LogP contribution in [0.3, 0.4) is 0 Å². The van der Waals surface area contributed by atoms with Crippen molar-refractivity contribution in [3.8, 4) is 0 Å². The molecule has 0 radical (unpaired) electrons. The predicted octanol–water partition coefficient (Wildman–Crippen LogP) is 4.36. The van der Waals surface area contributed by atoms with Crippen LogP contribution in [0.4, 0.5) is 4.39 Å². The second-order valence-corrected chi connectivity index (χ2v) is 6.57. The van der Waals surface area contributed by atoms with Gasteiger partial charge in [0.1, 0.15) is 5.82 Å². The van der Waals surface area contributed by atoms with E-state index in [4.69, 9.17) is 0 Å². The van der Waals surface area contributed by atoms with E-state index in [0.29, 0.717) is 0 Å². The van der Waals surface area contributed by atoms with Crippen molar-refractivity contribution in [1.82, 2.24) is 10.2 Å². The van der Waals surface area contributed by atoms with E-state index in [2.05, 4.69) is 61.0 Å². The summed E-state index contributed by atoms with van der Waals surface area (Å²) in [4.78, 5) is 2.18. The van der Waals surface area contributed by atoms with Gasteiger partial charge in [-0.2, -0.15) is 0 Å². The van der Waals surface area contributed by atoms with Crippen molar-refractivity contribution in [2.24, 2.45) is 0 Å². The first-order valence-corrected chi connectivity index (χ1v) is 8.01. The Kier molecular flexibility index (Phi) is 6.62. The molecule has 0 saturated heterocycles. The molecule has 0 amide bonds. The van der Waals surface area contributed by atoms with Crippen molar-refractivity contribution >= 4 is 15.9 Å². The Balaban J connectivity index is 3.27. The van der Waals surface area contributed by atoms with Gasteiger partial charge in [-0.1, -0.05) is 29.8 Å². The lowest BCUT2D eigenvalue weighted by Gasteiger charge is -2.43. The third-order valence-corrected chi connectivity index (χ3v) is 4.72. The van der Waals surface area contributed by atoms with Gasteiger partial charge in [-0.3, -0.25) is 0 Å². The van der Waals surface area contributed by atoms with Gasteiger partial charge in [-0.15, -0.1) is 0 Å². The van der Waals surface area contributed by atoms with Crippen molar-refractivity contribution in [2.45, 2.75) is 45.2 Å². The number of halogens is 2. The predicted molar refractivity (Wildman–Crippen MR) is 87.5 cm³/mol. The zero-order valence-electron chi connectivity index (χ0n) is 13.1. The number of likely N-dealkylation sites (N-methyl/N-ethyl adjacent to an activating group) is 1. The Morgan fingerprint density at radius 1 is 1.35 bits per heavy atom. The van der Waals surface area contributed by atoms with Crippen molar-refractivity contribution in [1.29, 1.82) is 0 Å². The molecule has 2 nitrogen and oxygen atoms in total. The molecule has 1 aromatic rings. The number of hydrogen-bond acceptors (Lipinski definition) is 2.